The summed E-state index contributed by atoms with van der Waals surface area (Å²) in [5.74, 6) is -1.07. The molecule has 21 heavy (non-hydrogen) atoms. The monoisotopic (exact) mass is 317 g/mol. The van der Waals surface area contributed by atoms with Crippen LogP contribution in [0.4, 0.5) is 10.1 Å². The van der Waals surface area contributed by atoms with Crippen molar-refractivity contribution >= 4 is 15.7 Å². The molecule has 9 heteroatoms. The summed E-state index contributed by atoms with van der Waals surface area (Å²) >= 11 is 0. The average molecular weight is 317 g/mol. The van der Waals surface area contributed by atoms with Crippen molar-refractivity contribution in [3.05, 3.63) is 34.1 Å². The van der Waals surface area contributed by atoms with Crippen LogP contribution in [0.2, 0.25) is 0 Å². The quantitative estimate of drug-likeness (QED) is 0.673. The Labute approximate surface area is 121 Å². The van der Waals surface area contributed by atoms with E-state index >= 15 is 0 Å². The van der Waals surface area contributed by atoms with Crippen LogP contribution in [0, 0.1) is 15.9 Å². The van der Waals surface area contributed by atoms with Gasteiger partial charge in [-0.2, -0.15) is 8.70 Å². The molecule has 1 atom stereocenters. The van der Waals surface area contributed by atoms with Crippen LogP contribution in [0.15, 0.2) is 23.1 Å². The van der Waals surface area contributed by atoms with Gasteiger partial charge in [0.1, 0.15) is 0 Å². The first kappa shape index (κ1) is 15.8. The van der Waals surface area contributed by atoms with Gasteiger partial charge in [0.05, 0.1) is 16.0 Å². The highest BCUT2D eigenvalue weighted by Gasteiger charge is 2.32. The second-order valence-corrected chi connectivity index (χ2v) is 6.79. The maximum absolute atomic E-state index is 13.3. The smallest absolute Gasteiger partial charge is 0.306 e. The molecule has 0 radical (unpaired) electrons. The van der Waals surface area contributed by atoms with Gasteiger partial charge in [0.2, 0.25) is 15.8 Å². The molecule has 0 bridgehead atoms. The molecule has 0 aliphatic carbocycles. The van der Waals surface area contributed by atoms with Crippen LogP contribution in [0.3, 0.4) is 0 Å². The SMILES string of the molecule is NC1CCCCCN1S(=O)(=O)c1ccc(F)c([N+](=O)[O-])c1. The fourth-order valence-corrected chi connectivity index (χ4v) is 3.94. The zero-order chi connectivity index (χ0) is 15.6. The fourth-order valence-electron chi connectivity index (χ4n) is 2.33. The highest BCUT2D eigenvalue weighted by molar-refractivity contribution is 7.89. The molecule has 1 unspecified atom stereocenters. The van der Waals surface area contributed by atoms with Crippen molar-refractivity contribution in [2.45, 2.75) is 36.7 Å². The van der Waals surface area contributed by atoms with Crippen molar-refractivity contribution in [3.8, 4) is 0 Å². The lowest BCUT2D eigenvalue weighted by Crippen LogP contribution is -2.45. The van der Waals surface area contributed by atoms with E-state index in [9.17, 15) is 22.9 Å². The Balaban J connectivity index is 2.43. The predicted octanol–water partition coefficient (Wildman–Crippen LogP) is 1.58. The first-order valence-electron chi connectivity index (χ1n) is 6.55. The first-order valence-corrected chi connectivity index (χ1v) is 7.99. The molecule has 0 spiro atoms. The number of nitrogens with zero attached hydrogens (tertiary/aromatic N) is 2. The number of sulfonamides is 1. The molecule has 2 N–H and O–H groups in total. The minimum Gasteiger partial charge on any atom is -0.315 e. The van der Waals surface area contributed by atoms with Gasteiger partial charge in [-0.05, 0) is 25.0 Å². The van der Waals surface area contributed by atoms with Crippen molar-refractivity contribution in [3.63, 3.8) is 0 Å². The Morgan fingerprint density at radius 1 is 1.33 bits per heavy atom. The van der Waals surface area contributed by atoms with Crippen LogP contribution in [-0.4, -0.2) is 30.4 Å². The second kappa shape index (κ2) is 6.04. The van der Waals surface area contributed by atoms with E-state index in [2.05, 4.69) is 0 Å². The van der Waals surface area contributed by atoms with Crippen molar-refractivity contribution in [2.24, 2.45) is 5.73 Å². The molecule has 1 aliphatic heterocycles. The number of hydrogen-bond donors (Lipinski definition) is 1. The van der Waals surface area contributed by atoms with E-state index in [0.29, 0.717) is 12.8 Å². The second-order valence-electron chi connectivity index (χ2n) is 4.90. The number of halogens is 1. The number of hydrogen-bond acceptors (Lipinski definition) is 5. The van der Waals surface area contributed by atoms with E-state index < -0.39 is 32.6 Å². The Kier molecular flexibility index (Phi) is 4.55. The lowest BCUT2D eigenvalue weighted by atomic mass is 10.2. The lowest BCUT2D eigenvalue weighted by molar-refractivity contribution is -0.387. The molecular weight excluding hydrogens is 301 g/mol. The third-order valence-corrected chi connectivity index (χ3v) is 5.39. The van der Waals surface area contributed by atoms with Crippen molar-refractivity contribution in [1.29, 1.82) is 0 Å². The zero-order valence-corrected chi connectivity index (χ0v) is 12.1. The van der Waals surface area contributed by atoms with Gasteiger partial charge >= 0.3 is 5.69 Å². The third-order valence-electron chi connectivity index (χ3n) is 3.47. The summed E-state index contributed by atoms with van der Waals surface area (Å²) in [4.78, 5) is 9.47. The van der Waals surface area contributed by atoms with Crippen LogP contribution < -0.4 is 5.73 Å². The minimum atomic E-state index is -3.97. The van der Waals surface area contributed by atoms with Crippen molar-refractivity contribution in [1.82, 2.24) is 4.31 Å². The molecule has 1 heterocycles. The van der Waals surface area contributed by atoms with E-state index in [4.69, 9.17) is 5.73 Å². The number of nitrogens with two attached hydrogens (primary N) is 1. The molecule has 1 aromatic carbocycles. The molecule has 0 saturated carbocycles. The third kappa shape index (κ3) is 3.20. The van der Waals surface area contributed by atoms with E-state index in [1.165, 1.54) is 0 Å². The largest absolute Gasteiger partial charge is 0.315 e. The average Bonchev–Trinajstić information content (AvgIpc) is 2.63. The van der Waals surface area contributed by atoms with E-state index in [1.54, 1.807) is 0 Å². The minimum absolute atomic E-state index is 0.259. The van der Waals surface area contributed by atoms with Gasteiger partial charge in [-0.15, -0.1) is 0 Å². The summed E-state index contributed by atoms with van der Waals surface area (Å²) < 4.78 is 39.5. The van der Waals surface area contributed by atoms with E-state index in [-0.39, 0.29) is 11.4 Å². The fraction of sp³-hybridized carbons (Fsp3) is 0.500. The molecule has 1 aromatic rings. The van der Waals surface area contributed by atoms with Crippen LogP contribution in [0.5, 0.6) is 0 Å². The van der Waals surface area contributed by atoms with Gasteiger partial charge in [0.15, 0.2) is 0 Å². The predicted molar refractivity (Wildman–Crippen MR) is 73.4 cm³/mol. The lowest BCUT2D eigenvalue weighted by Gasteiger charge is -2.25. The van der Waals surface area contributed by atoms with Crippen LogP contribution in [-0.2, 0) is 10.0 Å². The Morgan fingerprint density at radius 2 is 2.05 bits per heavy atom. The first-order chi connectivity index (χ1) is 9.84. The molecule has 1 aliphatic rings. The molecule has 116 valence electrons. The molecule has 1 fully saturated rings. The Hall–Kier alpha value is -1.58. The van der Waals surface area contributed by atoms with Gasteiger partial charge in [-0.25, -0.2) is 8.42 Å². The maximum atomic E-state index is 13.3. The molecule has 0 aromatic heterocycles. The molecule has 0 amide bonds. The van der Waals surface area contributed by atoms with Gasteiger partial charge in [-0.3, -0.25) is 10.1 Å². The summed E-state index contributed by atoms with van der Waals surface area (Å²) in [6, 6.07) is 2.55. The van der Waals surface area contributed by atoms with Gasteiger partial charge in [-0.1, -0.05) is 12.8 Å². The van der Waals surface area contributed by atoms with Gasteiger partial charge in [0.25, 0.3) is 0 Å². The van der Waals surface area contributed by atoms with Crippen molar-refractivity contribution < 1.29 is 17.7 Å². The van der Waals surface area contributed by atoms with Crippen molar-refractivity contribution in [2.75, 3.05) is 6.54 Å². The normalized spacial score (nSPS) is 21.0. The summed E-state index contributed by atoms with van der Waals surface area (Å²) in [7, 11) is -3.97. The molecule has 7 nitrogen and oxygen atoms in total. The summed E-state index contributed by atoms with van der Waals surface area (Å²) in [6.07, 6.45) is 2.25. The summed E-state index contributed by atoms with van der Waals surface area (Å²) in [6.45, 7) is 0.259. The Morgan fingerprint density at radius 3 is 2.71 bits per heavy atom. The molecule has 1 saturated heterocycles. The van der Waals surface area contributed by atoms with Crippen LogP contribution >= 0.6 is 0 Å². The highest BCUT2D eigenvalue weighted by Crippen LogP contribution is 2.26. The summed E-state index contributed by atoms with van der Waals surface area (Å²) in [5.41, 5.74) is 5.01. The number of nitro groups is 1. The van der Waals surface area contributed by atoms with Gasteiger partial charge in [0, 0.05) is 12.6 Å². The van der Waals surface area contributed by atoms with E-state index in [0.717, 1.165) is 35.3 Å². The van der Waals surface area contributed by atoms with Gasteiger partial charge < -0.3 is 5.73 Å². The summed E-state index contributed by atoms with van der Waals surface area (Å²) in [5, 5.41) is 10.7. The number of rotatable bonds is 3. The van der Waals surface area contributed by atoms with Crippen LogP contribution in [0.25, 0.3) is 0 Å². The Bertz CT molecular complexity index is 650. The number of nitro benzene ring substituents is 1. The topological polar surface area (TPSA) is 107 Å². The maximum Gasteiger partial charge on any atom is 0.306 e. The highest BCUT2D eigenvalue weighted by atomic mass is 32.2. The zero-order valence-electron chi connectivity index (χ0n) is 11.2. The molecule has 2 rings (SSSR count). The van der Waals surface area contributed by atoms with Crippen LogP contribution in [0.1, 0.15) is 25.7 Å². The molecular formula is C12H16FN3O4S. The standard InChI is InChI=1S/C12H16FN3O4S/c13-10-6-5-9(8-11(10)16(17)18)21(19,20)15-7-3-1-2-4-12(15)14/h5-6,8,12H,1-4,7,14H2. The van der Waals surface area contributed by atoms with E-state index in [1.807, 2.05) is 0 Å². The number of benzene rings is 1.